The molecule has 3 heterocycles. The Bertz CT molecular complexity index is 674. The number of piperidine rings is 1. The molecule has 0 bridgehead atoms. The van der Waals surface area contributed by atoms with Crippen LogP contribution >= 0.6 is 0 Å². The van der Waals surface area contributed by atoms with Gasteiger partial charge in [0.15, 0.2) is 0 Å². The fourth-order valence-corrected chi connectivity index (χ4v) is 3.85. The smallest absolute Gasteiger partial charge is 0.243 e. The number of aromatic amines is 1. The van der Waals surface area contributed by atoms with Gasteiger partial charge in [0, 0.05) is 23.8 Å². The lowest BCUT2D eigenvalue weighted by molar-refractivity contribution is 0.427. The Hall–Kier alpha value is -1.44. The van der Waals surface area contributed by atoms with Crippen molar-refractivity contribution in [2.45, 2.75) is 23.8 Å². The summed E-state index contributed by atoms with van der Waals surface area (Å²) < 4.78 is 27.6. The Kier molecular flexibility index (Phi) is 3.26. The van der Waals surface area contributed by atoms with Crippen LogP contribution in [0.4, 0.5) is 0 Å². The minimum Gasteiger partial charge on any atom is -0.345 e. The van der Waals surface area contributed by atoms with E-state index in [9.17, 15) is 8.42 Å². The van der Waals surface area contributed by atoms with Crippen LogP contribution in [-0.2, 0) is 10.0 Å². The quantitative estimate of drug-likeness (QED) is 0.768. The summed E-state index contributed by atoms with van der Waals surface area (Å²) in [6.07, 6.45) is 4.77. The highest BCUT2D eigenvalue weighted by Crippen LogP contribution is 2.21. The van der Waals surface area contributed by atoms with Crippen molar-refractivity contribution in [3.63, 3.8) is 0 Å². The number of hydrogen-bond acceptors (Lipinski definition) is 4. The molecule has 0 spiro atoms. The van der Waals surface area contributed by atoms with Gasteiger partial charge < -0.3 is 10.3 Å². The first-order valence-corrected chi connectivity index (χ1v) is 7.80. The first kappa shape index (κ1) is 12.6. The molecule has 1 aliphatic heterocycles. The van der Waals surface area contributed by atoms with Crippen LogP contribution in [0.2, 0.25) is 0 Å². The van der Waals surface area contributed by atoms with Gasteiger partial charge in [0.2, 0.25) is 10.0 Å². The highest BCUT2D eigenvalue weighted by Gasteiger charge is 2.24. The van der Waals surface area contributed by atoms with Crippen molar-refractivity contribution in [3.8, 4) is 0 Å². The lowest BCUT2D eigenvalue weighted by Crippen LogP contribution is -2.42. The first-order chi connectivity index (χ1) is 9.17. The van der Waals surface area contributed by atoms with Crippen molar-refractivity contribution in [3.05, 3.63) is 24.5 Å². The number of sulfonamides is 1. The number of pyridine rings is 1. The predicted octanol–water partition coefficient (Wildman–Crippen LogP) is 0.593. The van der Waals surface area contributed by atoms with Crippen molar-refractivity contribution >= 4 is 21.1 Å². The summed E-state index contributed by atoms with van der Waals surface area (Å²) in [6.45, 7) is 1.70. The maximum absolute atomic E-state index is 12.4. The summed E-state index contributed by atoms with van der Waals surface area (Å²) in [5.41, 5.74) is 0.591. The van der Waals surface area contributed by atoms with Crippen molar-refractivity contribution in [1.29, 1.82) is 0 Å². The minimum absolute atomic E-state index is 0.00729. The number of fused-ring (bicyclic) bond motifs is 1. The second-order valence-electron chi connectivity index (χ2n) is 4.70. The van der Waals surface area contributed by atoms with Crippen LogP contribution < -0.4 is 10.0 Å². The lowest BCUT2D eigenvalue weighted by Gasteiger charge is -2.23. The van der Waals surface area contributed by atoms with Gasteiger partial charge in [-0.2, -0.15) is 0 Å². The van der Waals surface area contributed by atoms with Crippen molar-refractivity contribution in [2.24, 2.45) is 0 Å². The number of aromatic nitrogens is 2. The fraction of sp³-hybridized carbons (Fsp3) is 0.417. The molecule has 0 aromatic carbocycles. The zero-order valence-corrected chi connectivity index (χ0v) is 11.2. The van der Waals surface area contributed by atoms with E-state index in [0.29, 0.717) is 11.0 Å². The molecular weight excluding hydrogens is 264 g/mol. The van der Waals surface area contributed by atoms with Crippen LogP contribution in [0.25, 0.3) is 11.0 Å². The number of nitrogens with zero attached hydrogens (tertiary/aromatic N) is 1. The molecule has 0 radical (unpaired) electrons. The molecule has 7 heteroatoms. The number of hydrogen-bond donors (Lipinski definition) is 3. The lowest BCUT2D eigenvalue weighted by atomic mass is 10.1. The van der Waals surface area contributed by atoms with Gasteiger partial charge in [-0.05, 0) is 38.1 Å². The standard InChI is InChI=1S/C12H16N4O2S/c17-19(18,16-9-3-6-13-7-4-9)11-8-15-12-10(11)2-1-5-14-12/h1-2,5,8-9,13,16H,3-4,6-7H2,(H,14,15). The summed E-state index contributed by atoms with van der Waals surface area (Å²) in [7, 11) is -3.49. The molecule has 1 aliphatic rings. The topological polar surface area (TPSA) is 86.9 Å². The number of rotatable bonds is 3. The molecule has 0 amide bonds. The van der Waals surface area contributed by atoms with E-state index < -0.39 is 10.0 Å². The van der Waals surface area contributed by atoms with Crippen molar-refractivity contribution < 1.29 is 8.42 Å². The summed E-state index contributed by atoms with van der Waals surface area (Å²) in [6, 6.07) is 3.50. The Labute approximate surface area is 111 Å². The Morgan fingerprint density at radius 2 is 2.11 bits per heavy atom. The predicted molar refractivity (Wildman–Crippen MR) is 72.3 cm³/mol. The molecule has 1 fully saturated rings. The third-order valence-electron chi connectivity index (χ3n) is 3.36. The summed E-state index contributed by atoms with van der Waals surface area (Å²) in [5, 5.41) is 3.84. The van der Waals surface area contributed by atoms with Crippen molar-refractivity contribution in [1.82, 2.24) is 20.0 Å². The van der Waals surface area contributed by atoms with Gasteiger partial charge in [0.05, 0.1) is 0 Å². The van der Waals surface area contributed by atoms with Crippen LogP contribution in [0, 0.1) is 0 Å². The number of H-pyrrole nitrogens is 1. The Morgan fingerprint density at radius 1 is 1.32 bits per heavy atom. The van der Waals surface area contributed by atoms with E-state index in [0.717, 1.165) is 25.9 Å². The third-order valence-corrected chi connectivity index (χ3v) is 4.92. The molecule has 0 unspecified atom stereocenters. The molecule has 3 rings (SSSR count). The Morgan fingerprint density at radius 3 is 2.89 bits per heavy atom. The molecule has 102 valence electrons. The molecular formula is C12H16N4O2S. The van der Waals surface area contributed by atoms with Crippen LogP contribution in [0.1, 0.15) is 12.8 Å². The zero-order valence-electron chi connectivity index (χ0n) is 10.4. The maximum atomic E-state index is 12.4. The minimum atomic E-state index is -3.49. The van der Waals surface area contributed by atoms with Crippen LogP contribution in [0.15, 0.2) is 29.4 Å². The van der Waals surface area contributed by atoms with E-state index >= 15 is 0 Å². The van der Waals surface area contributed by atoms with Gasteiger partial charge in [-0.1, -0.05) is 0 Å². The van der Waals surface area contributed by atoms with E-state index in [-0.39, 0.29) is 10.9 Å². The first-order valence-electron chi connectivity index (χ1n) is 6.32. The van der Waals surface area contributed by atoms with Gasteiger partial charge in [0.25, 0.3) is 0 Å². The van der Waals surface area contributed by atoms with Crippen LogP contribution in [0.5, 0.6) is 0 Å². The SMILES string of the molecule is O=S(=O)(NC1CCNCC1)c1c[nH]c2ncccc12. The van der Waals surface area contributed by atoms with E-state index in [2.05, 4.69) is 20.0 Å². The van der Waals surface area contributed by atoms with E-state index in [1.165, 1.54) is 6.20 Å². The second-order valence-corrected chi connectivity index (χ2v) is 6.38. The monoisotopic (exact) mass is 280 g/mol. The van der Waals surface area contributed by atoms with E-state index in [1.807, 2.05) is 0 Å². The maximum Gasteiger partial charge on any atom is 0.243 e. The van der Waals surface area contributed by atoms with Gasteiger partial charge in [-0.3, -0.25) is 0 Å². The average Bonchev–Trinajstić information content (AvgIpc) is 2.84. The largest absolute Gasteiger partial charge is 0.345 e. The summed E-state index contributed by atoms with van der Waals surface area (Å²) >= 11 is 0. The van der Waals surface area contributed by atoms with E-state index in [4.69, 9.17) is 0 Å². The molecule has 0 saturated carbocycles. The van der Waals surface area contributed by atoms with Gasteiger partial charge in [-0.15, -0.1) is 0 Å². The van der Waals surface area contributed by atoms with Crippen LogP contribution in [-0.4, -0.2) is 37.5 Å². The fourth-order valence-electron chi connectivity index (χ4n) is 2.38. The average molecular weight is 280 g/mol. The highest BCUT2D eigenvalue weighted by atomic mass is 32.2. The summed E-state index contributed by atoms with van der Waals surface area (Å²) in [5.74, 6) is 0. The van der Waals surface area contributed by atoms with E-state index in [1.54, 1.807) is 18.3 Å². The second kappa shape index (κ2) is 4.92. The zero-order chi connectivity index (χ0) is 13.3. The third kappa shape index (κ3) is 2.49. The molecule has 0 atom stereocenters. The van der Waals surface area contributed by atoms with Crippen LogP contribution in [0.3, 0.4) is 0 Å². The molecule has 3 N–H and O–H groups in total. The molecule has 2 aromatic rings. The van der Waals surface area contributed by atoms with Crippen molar-refractivity contribution in [2.75, 3.05) is 13.1 Å². The molecule has 0 aliphatic carbocycles. The van der Waals surface area contributed by atoms with Gasteiger partial charge in [0.1, 0.15) is 10.5 Å². The number of nitrogens with one attached hydrogen (secondary N) is 3. The summed E-state index contributed by atoms with van der Waals surface area (Å²) in [4.78, 5) is 7.27. The Balaban J connectivity index is 1.91. The normalized spacial score (nSPS) is 17.9. The highest BCUT2D eigenvalue weighted by molar-refractivity contribution is 7.89. The van der Waals surface area contributed by atoms with Gasteiger partial charge >= 0.3 is 0 Å². The molecule has 1 saturated heterocycles. The molecule has 2 aromatic heterocycles. The van der Waals surface area contributed by atoms with Gasteiger partial charge in [-0.25, -0.2) is 18.1 Å². The molecule has 19 heavy (non-hydrogen) atoms. The molecule has 6 nitrogen and oxygen atoms in total.